The fraction of sp³-hybridized carbons (Fsp3) is 0.444. The molecule has 0 atom stereocenters. The van der Waals surface area contributed by atoms with Crippen molar-refractivity contribution in [1.82, 2.24) is 0 Å². The van der Waals surface area contributed by atoms with Crippen LogP contribution >= 0.6 is 0 Å². The monoisotopic (exact) mass is 166 g/mol. The fourth-order valence-corrected chi connectivity index (χ4v) is 0.734. The van der Waals surface area contributed by atoms with Gasteiger partial charge in [-0.05, 0) is 13.3 Å². The van der Waals surface area contributed by atoms with Crippen LogP contribution in [-0.4, -0.2) is 17.7 Å². The number of carbonyl (C=O) groups excluding carboxylic acids is 3. The van der Waals surface area contributed by atoms with Crippen molar-refractivity contribution in [1.29, 1.82) is 0 Å². The summed E-state index contributed by atoms with van der Waals surface area (Å²) in [5.41, 5.74) is -0.0415. The Morgan fingerprint density at radius 1 is 1.25 bits per heavy atom. The largest absolute Gasteiger partial charge is 0.288 e. The molecule has 0 aromatic heterocycles. The van der Waals surface area contributed by atoms with E-state index in [1.807, 2.05) is 6.92 Å². The third kappa shape index (κ3) is 2.67. The van der Waals surface area contributed by atoms with Crippen LogP contribution in [0.2, 0.25) is 0 Å². The third-order valence-electron chi connectivity index (χ3n) is 1.39. The summed E-state index contributed by atoms with van der Waals surface area (Å²) in [6.07, 6.45) is 1.05. The van der Waals surface area contributed by atoms with Crippen LogP contribution in [0.4, 0.5) is 0 Å². The first-order chi connectivity index (χ1) is 5.67. The normalized spacial score (nSPS) is 8.17. The molecule has 0 saturated heterocycles. The Balaban J connectivity index is 4.68. The fourth-order valence-electron chi connectivity index (χ4n) is 0.734. The Morgan fingerprint density at radius 3 is 2.17 bits per heavy atom. The average molecular weight is 166 g/mol. The van der Waals surface area contributed by atoms with Crippen LogP contribution < -0.4 is 0 Å². The highest BCUT2D eigenvalue weighted by molar-refractivity contribution is 6.16. The van der Waals surface area contributed by atoms with E-state index in [-0.39, 0.29) is 11.1 Å². The van der Waals surface area contributed by atoms with E-state index in [0.717, 1.165) is 0 Å². The smallest absolute Gasteiger partial charge is 0.206 e. The van der Waals surface area contributed by atoms with E-state index < -0.39 is 5.78 Å². The van der Waals surface area contributed by atoms with E-state index >= 15 is 0 Å². The number of ketones is 1. The first kappa shape index (κ1) is 10.6. The van der Waals surface area contributed by atoms with E-state index in [9.17, 15) is 14.4 Å². The highest BCUT2D eigenvalue weighted by atomic mass is 16.1. The SMILES string of the molecule is CCCC(=C=O)C(=O)C(C)=C=O. The number of Topliss-reactive ketones (excluding diaryl/α,β-unsaturated/α-hetero) is 1. The van der Waals surface area contributed by atoms with Crippen molar-refractivity contribution in [3.63, 3.8) is 0 Å². The Hall–Kier alpha value is -1.43. The summed E-state index contributed by atoms with van der Waals surface area (Å²) in [7, 11) is 0. The molecular formula is C9H10O3. The summed E-state index contributed by atoms with van der Waals surface area (Å²) in [5.74, 6) is 2.45. The molecule has 0 radical (unpaired) electrons. The standard InChI is InChI=1S/C9H10O3/c1-3-4-8(6-11)9(12)7(2)5-10/h3-4H2,1-2H3. The topological polar surface area (TPSA) is 51.2 Å². The van der Waals surface area contributed by atoms with Crippen LogP contribution in [0.15, 0.2) is 11.1 Å². The molecule has 3 heteroatoms. The molecule has 12 heavy (non-hydrogen) atoms. The van der Waals surface area contributed by atoms with Crippen LogP contribution in [-0.2, 0) is 14.4 Å². The minimum Gasteiger partial charge on any atom is -0.288 e. The zero-order chi connectivity index (χ0) is 9.56. The maximum Gasteiger partial charge on any atom is 0.206 e. The molecule has 0 spiro atoms. The van der Waals surface area contributed by atoms with Gasteiger partial charge in [-0.3, -0.25) is 4.79 Å². The molecule has 0 unspecified atom stereocenters. The number of hydrogen-bond acceptors (Lipinski definition) is 3. The van der Waals surface area contributed by atoms with Crippen LogP contribution in [0.5, 0.6) is 0 Å². The molecule has 0 aliphatic carbocycles. The molecule has 0 bridgehead atoms. The lowest BCUT2D eigenvalue weighted by molar-refractivity contribution is -0.112. The van der Waals surface area contributed by atoms with Crippen molar-refractivity contribution in [3.05, 3.63) is 11.1 Å². The van der Waals surface area contributed by atoms with Gasteiger partial charge in [-0.1, -0.05) is 13.3 Å². The Labute approximate surface area is 70.8 Å². The van der Waals surface area contributed by atoms with Crippen LogP contribution in [0.3, 0.4) is 0 Å². The van der Waals surface area contributed by atoms with E-state index in [4.69, 9.17) is 0 Å². The van der Waals surface area contributed by atoms with Gasteiger partial charge in [0.25, 0.3) is 0 Å². The zero-order valence-corrected chi connectivity index (χ0v) is 7.14. The van der Waals surface area contributed by atoms with Crippen molar-refractivity contribution in [2.75, 3.05) is 0 Å². The predicted octanol–water partition coefficient (Wildman–Crippen LogP) is 0.891. The van der Waals surface area contributed by atoms with Gasteiger partial charge in [0.15, 0.2) is 0 Å². The molecule has 0 fully saturated rings. The number of carbonyl (C=O) groups is 1. The van der Waals surface area contributed by atoms with Gasteiger partial charge in [0.1, 0.15) is 11.9 Å². The highest BCUT2D eigenvalue weighted by Gasteiger charge is 2.12. The lowest BCUT2D eigenvalue weighted by Gasteiger charge is -1.96. The van der Waals surface area contributed by atoms with Gasteiger partial charge < -0.3 is 0 Å². The summed E-state index contributed by atoms with van der Waals surface area (Å²) in [6.45, 7) is 3.17. The second-order valence-corrected chi connectivity index (χ2v) is 2.39. The Kier molecular flexibility index (Phi) is 4.62. The van der Waals surface area contributed by atoms with Gasteiger partial charge in [-0.2, -0.15) is 0 Å². The van der Waals surface area contributed by atoms with Crippen LogP contribution in [0.1, 0.15) is 26.7 Å². The molecule has 3 nitrogen and oxygen atoms in total. The van der Waals surface area contributed by atoms with E-state index in [2.05, 4.69) is 0 Å². The molecule has 0 heterocycles. The Morgan fingerprint density at radius 2 is 1.83 bits per heavy atom. The molecule has 0 rings (SSSR count). The first-order valence-corrected chi connectivity index (χ1v) is 3.67. The second kappa shape index (κ2) is 5.25. The van der Waals surface area contributed by atoms with E-state index in [1.54, 1.807) is 0 Å². The first-order valence-electron chi connectivity index (χ1n) is 3.67. The summed E-state index contributed by atoms with van der Waals surface area (Å²) in [4.78, 5) is 31.4. The average Bonchev–Trinajstić information content (AvgIpc) is 2.11. The second-order valence-electron chi connectivity index (χ2n) is 2.39. The minimum atomic E-state index is -0.540. The van der Waals surface area contributed by atoms with E-state index in [0.29, 0.717) is 12.8 Å². The van der Waals surface area contributed by atoms with Crippen molar-refractivity contribution < 1.29 is 14.4 Å². The summed E-state index contributed by atoms with van der Waals surface area (Å²) in [5, 5.41) is 0. The number of hydrogen-bond donors (Lipinski definition) is 0. The highest BCUT2D eigenvalue weighted by Crippen LogP contribution is 2.06. The lowest BCUT2D eigenvalue weighted by atomic mass is 10.0. The summed E-state index contributed by atoms with van der Waals surface area (Å²) < 4.78 is 0. The minimum absolute atomic E-state index is 0.0263. The molecule has 64 valence electrons. The molecular weight excluding hydrogens is 156 g/mol. The van der Waals surface area contributed by atoms with Crippen molar-refractivity contribution in [3.8, 4) is 0 Å². The third-order valence-corrected chi connectivity index (χ3v) is 1.39. The molecule has 0 aromatic carbocycles. The quantitative estimate of drug-likeness (QED) is 0.460. The van der Waals surface area contributed by atoms with Gasteiger partial charge in [0, 0.05) is 0 Å². The molecule has 0 amide bonds. The number of allylic oxidation sites excluding steroid dienone is 2. The number of rotatable bonds is 4. The summed E-state index contributed by atoms with van der Waals surface area (Å²) >= 11 is 0. The predicted molar refractivity (Wildman–Crippen MR) is 44.0 cm³/mol. The van der Waals surface area contributed by atoms with Crippen LogP contribution in [0.25, 0.3) is 0 Å². The zero-order valence-electron chi connectivity index (χ0n) is 7.14. The van der Waals surface area contributed by atoms with Crippen molar-refractivity contribution >= 4 is 17.7 Å². The van der Waals surface area contributed by atoms with Crippen molar-refractivity contribution in [2.45, 2.75) is 26.7 Å². The van der Waals surface area contributed by atoms with Gasteiger partial charge in [-0.15, -0.1) is 0 Å². The maximum absolute atomic E-state index is 11.1. The van der Waals surface area contributed by atoms with Gasteiger partial charge in [-0.25, -0.2) is 9.59 Å². The molecule has 0 saturated carbocycles. The summed E-state index contributed by atoms with van der Waals surface area (Å²) in [6, 6.07) is 0. The van der Waals surface area contributed by atoms with Gasteiger partial charge in [0.2, 0.25) is 5.78 Å². The molecule has 0 aromatic rings. The van der Waals surface area contributed by atoms with Crippen molar-refractivity contribution in [2.24, 2.45) is 0 Å². The van der Waals surface area contributed by atoms with E-state index in [1.165, 1.54) is 18.8 Å². The Bertz CT molecular complexity index is 276. The van der Waals surface area contributed by atoms with Crippen LogP contribution in [0, 0.1) is 0 Å². The molecule has 0 aliphatic heterocycles. The molecule has 0 N–H and O–H groups in total. The van der Waals surface area contributed by atoms with Gasteiger partial charge >= 0.3 is 0 Å². The molecule has 0 aliphatic rings. The lowest BCUT2D eigenvalue weighted by Crippen LogP contribution is -2.05. The van der Waals surface area contributed by atoms with Gasteiger partial charge in [0.05, 0.1) is 11.1 Å². The maximum atomic E-state index is 11.1.